The smallest absolute Gasteiger partial charge is 0.260 e. The SMILES string of the molecule is CN1C(=O)c2ccccc2C(C)(CCOCC#N)C1=O. The second kappa shape index (κ2) is 5.43. The summed E-state index contributed by atoms with van der Waals surface area (Å²) in [7, 11) is 1.50. The first-order valence-electron chi connectivity index (χ1n) is 6.39. The van der Waals surface area contributed by atoms with Gasteiger partial charge in [0.25, 0.3) is 5.91 Å². The highest BCUT2D eigenvalue weighted by Crippen LogP contribution is 2.36. The van der Waals surface area contributed by atoms with Crippen LogP contribution in [0.3, 0.4) is 0 Å². The number of rotatable bonds is 4. The van der Waals surface area contributed by atoms with Gasteiger partial charge in [0.2, 0.25) is 5.91 Å². The van der Waals surface area contributed by atoms with E-state index in [1.807, 2.05) is 25.1 Å². The highest BCUT2D eigenvalue weighted by molar-refractivity contribution is 6.12. The lowest BCUT2D eigenvalue weighted by atomic mass is 9.73. The molecular formula is C15H16N2O3. The Balaban J connectivity index is 2.36. The van der Waals surface area contributed by atoms with Gasteiger partial charge in [-0.25, -0.2) is 0 Å². The average Bonchev–Trinajstić information content (AvgIpc) is 2.48. The van der Waals surface area contributed by atoms with Crippen molar-refractivity contribution in [3.8, 4) is 6.07 Å². The minimum absolute atomic E-state index is 0.000682. The molecular weight excluding hydrogens is 256 g/mol. The molecule has 0 aliphatic carbocycles. The molecule has 0 saturated carbocycles. The van der Waals surface area contributed by atoms with Gasteiger partial charge in [0.15, 0.2) is 0 Å². The minimum atomic E-state index is -0.797. The zero-order valence-corrected chi connectivity index (χ0v) is 11.5. The largest absolute Gasteiger partial charge is 0.366 e. The van der Waals surface area contributed by atoms with Gasteiger partial charge in [-0.2, -0.15) is 5.26 Å². The van der Waals surface area contributed by atoms with E-state index in [1.54, 1.807) is 12.1 Å². The lowest BCUT2D eigenvalue weighted by Gasteiger charge is -2.38. The van der Waals surface area contributed by atoms with Crippen molar-refractivity contribution in [2.45, 2.75) is 18.8 Å². The third kappa shape index (κ3) is 2.19. The fraction of sp³-hybridized carbons (Fsp3) is 0.400. The molecule has 1 unspecified atom stereocenters. The Labute approximate surface area is 117 Å². The number of benzene rings is 1. The van der Waals surface area contributed by atoms with Crippen molar-refractivity contribution in [1.82, 2.24) is 4.90 Å². The second-order valence-electron chi connectivity index (χ2n) is 5.01. The number of hydrogen-bond acceptors (Lipinski definition) is 4. The van der Waals surface area contributed by atoms with E-state index in [4.69, 9.17) is 10.00 Å². The first-order valence-corrected chi connectivity index (χ1v) is 6.39. The maximum absolute atomic E-state index is 12.5. The number of nitrogens with zero attached hydrogens (tertiary/aromatic N) is 2. The normalized spacial score (nSPS) is 21.6. The number of hydrogen-bond donors (Lipinski definition) is 0. The van der Waals surface area contributed by atoms with Crippen LogP contribution >= 0.6 is 0 Å². The molecule has 0 spiro atoms. The lowest BCUT2D eigenvalue weighted by molar-refractivity contribution is -0.134. The number of imide groups is 1. The molecule has 20 heavy (non-hydrogen) atoms. The number of ether oxygens (including phenoxy) is 1. The predicted molar refractivity (Wildman–Crippen MR) is 71.9 cm³/mol. The average molecular weight is 272 g/mol. The van der Waals surface area contributed by atoms with Crippen LogP contribution in [0.15, 0.2) is 24.3 Å². The summed E-state index contributed by atoms with van der Waals surface area (Å²) in [4.78, 5) is 25.7. The fourth-order valence-corrected chi connectivity index (χ4v) is 2.54. The van der Waals surface area contributed by atoms with Crippen LogP contribution in [0, 0.1) is 11.3 Å². The van der Waals surface area contributed by atoms with Gasteiger partial charge in [-0.15, -0.1) is 0 Å². The van der Waals surface area contributed by atoms with Crippen LogP contribution in [-0.4, -0.2) is 37.0 Å². The van der Waals surface area contributed by atoms with Crippen LogP contribution < -0.4 is 0 Å². The molecule has 1 aliphatic rings. The molecule has 1 aromatic carbocycles. The Morgan fingerprint density at radius 2 is 2.05 bits per heavy atom. The summed E-state index contributed by atoms with van der Waals surface area (Å²) < 4.78 is 5.16. The summed E-state index contributed by atoms with van der Waals surface area (Å²) in [5, 5.41) is 8.46. The summed E-state index contributed by atoms with van der Waals surface area (Å²) in [6.07, 6.45) is 0.433. The maximum atomic E-state index is 12.5. The third-order valence-corrected chi connectivity index (χ3v) is 3.75. The lowest BCUT2D eigenvalue weighted by Crippen LogP contribution is -2.51. The molecule has 2 amide bonds. The van der Waals surface area contributed by atoms with Gasteiger partial charge in [-0.3, -0.25) is 14.5 Å². The van der Waals surface area contributed by atoms with Crippen LogP contribution in [0.25, 0.3) is 0 Å². The zero-order valence-electron chi connectivity index (χ0n) is 11.5. The van der Waals surface area contributed by atoms with E-state index in [0.717, 1.165) is 10.5 Å². The first-order chi connectivity index (χ1) is 9.52. The number of nitriles is 1. The minimum Gasteiger partial charge on any atom is -0.366 e. The molecule has 104 valence electrons. The van der Waals surface area contributed by atoms with E-state index in [9.17, 15) is 9.59 Å². The third-order valence-electron chi connectivity index (χ3n) is 3.75. The Bertz CT molecular complexity index is 591. The highest BCUT2D eigenvalue weighted by Gasteiger charge is 2.45. The van der Waals surface area contributed by atoms with Crippen LogP contribution in [0.2, 0.25) is 0 Å². The summed E-state index contributed by atoms with van der Waals surface area (Å²) in [5.74, 6) is -0.511. The van der Waals surface area contributed by atoms with Crippen LogP contribution in [0.5, 0.6) is 0 Å². The van der Waals surface area contributed by atoms with E-state index in [-0.39, 0.29) is 18.4 Å². The molecule has 0 aromatic heterocycles. The molecule has 0 saturated heterocycles. The zero-order chi connectivity index (χ0) is 14.8. The van der Waals surface area contributed by atoms with Gasteiger partial charge in [0.1, 0.15) is 6.61 Å². The van der Waals surface area contributed by atoms with Crippen LogP contribution in [-0.2, 0) is 14.9 Å². The standard InChI is InChI=1S/C15H16N2O3/c1-15(7-9-20-10-8-16)12-6-4-3-5-11(12)13(18)17(2)14(15)19/h3-6H,7,9-10H2,1-2H3. The van der Waals surface area contributed by atoms with E-state index in [1.165, 1.54) is 7.05 Å². The number of carbonyl (C=O) groups is 2. The number of amides is 2. The maximum Gasteiger partial charge on any atom is 0.260 e. The predicted octanol–water partition coefficient (Wildman–Crippen LogP) is 1.49. The highest BCUT2D eigenvalue weighted by atomic mass is 16.5. The first kappa shape index (κ1) is 14.2. The van der Waals surface area contributed by atoms with Gasteiger partial charge in [0, 0.05) is 19.2 Å². The van der Waals surface area contributed by atoms with Gasteiger partial charge in [0.05, 0.1) is 11.5 Å². The van der Waals surface area contributed by atoms with E-state index in [0.29, 0.717) is 18.6 Å². The molecule has 1 aliphatic heterocycles. The van der Waals surface area contributed by atoms with Crippen LogP contribution in [0.4, 0.5) is 0 Å². The van der Waals surface area contributed by atoms with Gasteiger partial charge in [-0.05, 0) is 25.0 Å². The quantitative estimate of drug-likeness (QED) is 0.615. The fourth-order valence-electron chi connectivity index (χ4n) is 2.54. The molecule has 0 radical (unpaired) electrons. The Kier molecular flexibility index (Phi) is 3.86. The molecule has 0 fully saturated rings. The molecule has 1 heterocycles. The molecule has 0 bridgehead atoms. The molecule has 1 atom stereocenters. The second-order valence-corrected chi connectivity index (χ2v) is 5.01. The number of carbonyl (C=O) groups excluding carboxylic acids is 2. The van der Waals surface area contributed by atoms with E-state index < -0.39 is 5.41 Å². The molecule has 5 nitrogen and oxygen atoms in total. The van der Waals surface area contributed by atoms with Crippen molar-refractivity contribution in [2.75, 3.05) is 20.3 Å². The Morgan fingerprint density at radius 1 is 1.35 bits per heavy atom. The molecule has 2 rings (SSSR count). The van der Waals surface area contributed by atoms with Crippen molar-refractivity contribution in [2.24, 2.45) is 0 Å². The van der Waals surface area contributed by atoms with Gasteiger partial charge < -0.3 is 4.74 Å². The van der Waals surface area contributed by atoms with Crippen molar-refractivity contribution >= 4 is 11.8 Å². The Morgan fingerprint density at radius 3 is 2.75 bits per heavy atom. The molecule has 1 aromatic rings. The Hall–Kier alpha value is -2.19. The summed E-state index contributed by atoms with van der Waals surface area (Å²) in [6.45, 7) is 2.11. The van der Waals surface area contributed by atoms with Crippen molar-refractivity contribution in [3.05, 3.63) is 35.4 Å². The topological polar surface area (TPSA) is 70.4 Å². The van der Waals surface area contributed by atoms with E-state index >= 15 is 0 Å². The monoisotopic (exact) mass is 272 g/mol. The summed E-state index contributed by atoms with van der Waals surface area (Å²) >= 11 is 0. The summed E-state index contributed by atoms with van der Waals surface area (Å²) in [6, 6.07) is 9.03. The number of fused-ring (bicyclic) bond motifs is 1. The molecule has 0 N–H and O–H groups in total. The van der Waals surface area contributed by atoms with Crippen molar-refractivity contribution < 1.29 is 14.3 Å². The van der Waals surface area contributed by atoms with Crippen molar-refractivity contribution in [1.29, 1.82) is 5.26 Å². The van der Waals surface area contributed by atoms with E-state index in [2.05, 4.69) is 0 Å². The molecule has 5 heteroatoms. The van der Waals surface area contributed by atoms with Gasteiger partial charge in [-0.1, -0.05) is 18.2 Å². The number of likely N-dealkylation sites (N-methyl/N-ethyl adjacent to an activating group) is 1. The van der Waals surface area contributed by atoms with Crippen molar-refractivity contribution in [3.63, 3.8) is 0 Å². The summed E-state index contributed by atoms with van der Waals surface area (Å²) in [5.41, 5.74) is 0.486. The van der Waals surface area contributed by atoms with Crippen LogP contribution in [0.1, 0.15) is 29.3 Å². The van der Waals surface area contributed by atoms with Gasteiger partial charge >= 0.3 is 0 Å².